The predicted octanol–water partition coefficient (Wildman–Crippen LogP) is 7.40. The molecule has 0 heterocycles. The van der Waals surface area contributed by atoms with E-state index in [9.17, 15) is 0 Å². The highest BCUT2D eigenvalue weighted by Crippen LogP contribution is 2.41. The van der Waals surface area contributed by atoms with Crippen molar-refractivity contribution in [1.29, 1.82) is 0 Å². The first kappa shape index (κ1) is 18.3. The van der Waals surface area contributed by atoms with Gasteiger partial charge in [-0.2, -0.15) is 0 Å². The summed E-state index contributed by atoms with van der Waals surface area (Å²) in [6, 6.07) is 0. The van der Waals surface area contributed by atoms with E-state index in [1.165, 1.54) is 50.5 Å². The van der Waals surface area contributed by atoms with Crippen molar-refractivity contribution in [1.82, 2.24) is 0 Å². The van der Waals surface area contributed by atoms with E-state index in [2.05, 4.69) is 65.0 Å². The summed E-state index contributed by atoms with van der Waals surface area (Å²) in [6.45, 7) is 11.5. The molecule has 2 unspecified atom stereocenters. The highest BCUT2D eigenvalue weighted by Gasteiger charge is 2.27. The molecule has 0 amide bonds. The van der Waals surface area contributed by atoms with Gasteiger partial charge in [0.25, 0.3) is 0 Å². The van der Waals surface area contributed by atoms with E-state index in [-0.39, 0.29) is 0 Å². The van der Waals surface area contributed by atoms with Gasteiger partial charge in [-0.15, -0.1) is 0 Å². The van der Waals surface area contributed by atoms with Gasteiger partial charge in [0, 0.05) is 0 Å². The molecule has 1 fully saturated rings. The molecule has 0 spiro atoms. The fourth-order valence-corrected chi connectivity index (χ4v) is 4.27. The zero-order valence-corrected chi connectivity index (χ0v) is 16.0. The zero-order valence-electron chi connectivity index (χ0n) is 16.0. The summed E-state index contributed by atoms with van der Waals surface area (Å²) in [4.78, 5) is 0. The van der Waals surface area contributed by atoms with Gasteiger partial charge in [0.2, 0.25) is 0 Å². The molecule has 0 aromatic carbocycles. The maximum atomic E-state index is 2.55. The molecule has 0 aromatic rings. The smallest absolute Gasteiger partial charge is 0.0104 e. The Bertz CT molecular complexity index is 510. The average Bonchev–Trinajstić information content (AvgIpc) is 2.52. The molecule has 128 valence electrons. The summed E-state index contributed by atoms with van der Waals surface area (Å²) in [7, 11) is 0. The average molecular weight is 313 g/mol. The lowest BCUT2D eigenvalue weighted by Gasteiger charge is -2.34. The highest BCUT2D eigenvalue weighted by molar-refractivity contribution is 5.33. The van der Waals surface area contributed by atoms with E-state index in [1.807, 2.05) is 0 Å². The van der Waals surface area contributed by atoms with Gasteiger partial charge in [-0.1, -0.05) is 68.2 Å². The summed E-state index contributed by atoms with van der Waals surface area (Å²) in [5.41, 5.74) is 4.97. The third kappa shape index (κ3) is 4.96. The number of hydrogen-bond acceptors (Lipinski definition) is 0. The Kier molecular flexibility index (Phi) is 6.50. The first-order chi connectivity index (χ1) is 10.9. The van der Waals surface area contributed by atoms with Crippen LogP contribution >= 0.6 is 0 Å². The van der Waals surface area contributed by atoms with Crippen LogP contribution in [0.15, 0.2) is 47.1 Å². The van der Waals surface area contributed by atoms with Crippen molar-refractivity contribution in [2.45, 2.75) is 79.6 Å². The van der Waals surface area contributed by atoms with Crippen LogP contribution in [0.3, 0.4) is 0 Å². The molecule has 0 aliphatic heterocycles. The van der Waals surface area contributed by atoms with Crippen LogP contribution in [0.4, 0.5) is 0 Å². The maximum Gasteiger partial charge on any atom is -0.0104 e. The Morgan fingerprint density at radius 1 is 1.04 bits per heavy atom. The van der Waals surface area contributed by atoms with Crippen LogP contribution in [0, 0.1) is 17.3 Å². The second-order valence-electron chi connectivity index (χ2n) is 8.29. The summed E-state index contributed by atoms with van der Waals surface area (Å²) in [6.07, 6.45) is 21.5. The van der Waals surface area contributed by atoms with Gasteiger partial charge in [0.15, 0.2) is 0 Å². The van der Waals surface area contributed by atoms with Crippen LogP contribution < -0.4 is 0 Å². The monoisotopic (exact) mass is 312 g/mol. The molecular weight excluding hydrogens is 276 g/mol. The lowest BCUT2D eigenvalue weighted by molar-refractivity contribution is 0.335. The van der Waals surface area contributed by atoms with E-state index in [1.54, 1.807) is 11.1 Å². The van der Waals surface area contributed by atoms with Crippen LogP contribution in [-0.4, -0.2) is 0 Å². The molecule has 2 rings (SSSR count). The fraction of sp³-hybridized carbons (Fsp3) is 0.652. The van der Waals surface area contributed by atoms with Crippen LogP contribution in [-0.2, 0) is 0 Å². The first-order valence-corrected chi connectivity index (χ1v) is 9.63. The lowest BCUT2D eigenvalue weighted by Crippen LogP contribution is -2.20. The van der Waals surface area contributed by atoms with Gasteiger partial charge in [0.05, 0.1) is 0 Å². The zero-order chi connectivity index (χ0) is 16.9. The first-order valence-electron chi connectivity index (χ1n) is 9.63. The Morgan fingerprint density at radius 2 is 1.70 bits per heavy atom. The van der Waals surface area contributed by atoms with Crippen molar-refractivity contribution in [2.75, 3.05) is 0 Å². The highest BCUT2D eigenvalue weighted by atomic mass is 14.3. The SMILES string of the molecule is C/C=C(C)/C=C/C1CCCCC1/C=C/C1=C(C)CCCC1(C)C. The topological polar surface area (TPSA) is 0 Å². The molecule has 0 bridgehead atoms. The number of rotatable bonds is 4. The lowest BCUT2D eigenvalue weighted by atomic mass is 9.71. The Morgan fingerprint density at radius 3 is 2.30 bits per heavy atom. The van der Waals surface area contributed by atoms with E-state index in [0.717, 1.165) is 11.8 Å². The van der Waals surface area contributed by atoms with Gasteiger partial charge in [-0.25, -0.2) is 0 Å². The molecule has 23 heavy (non-hydrogen) atoms. The van der Waals surface area contributed by atoms with Crippen molar-refractivity contribution in [3.8, 4) is 0 Å². The normalized spacial score (nSPS) is 29.7. The van der Waals surface area contributed by atoms with Gasteiger partial charge in [-0.3, -0.25) is 0 Å². The van der Waals surface area contributed by atoms with E-state index in [0.29, 0.717) is 5.41 Å². The molecular formula is C23H36. The third-order valence-corrected chi connectivity index (χ3v) is 5.99. The molecule has 1 saturated carbocycles. The molecule has 0 aromatic heterocycles. The summed E-state index contributed by atoms with van der Waals surface area (Å²) >= 11 is 0. The number of hydrogen-bond donors (Lipinski definition) is 0. The summed E-state index contributed by atoms with van der Waals surface area (Å²) < 4.78 is 0. The minimum Gasteiger partial charge on any atom is -0.0847 e. The second-order valence-corrected chi connectivity index (χ2v) is 8.29. The standard InChI is InChI=1S/C23H36/c1-6-18(2)13-14-20-11-7-8-12-21(20)15-16-22-19(3)10-9-17-23(22,4)5/h6,13-16,20-21H,7-12,17H2,1-5H3/b14-13+,16-15+,18-6+. The summed E-state index contributed by atoms with van der Waals surface area (Å²) in [5, 5.41) is 0. The van der Waals surface area contributed by atoms with Gasteiger partial charge in [-0.05, 0) is 75.7 Å². The van der Waals surface area contributed by atoms with Gasteiger partial charge < -0.3 is 0 Å². The van der Waals surface area contributed by atoms with E-state index >= 15 is 0 Å². The molecule has 0 heteroatoms. The van der Waals surface area contributed by atoms with E-state index < -0.39 is 0 Å². The maximum absolute atomic E-state index is 2.55. The van der Waals surface area contributed by atoms with Gasteiger partial charge >= 0.3 is 0 Å². The fourth-order valence-electron chi connectivity index (χ4n) is 4.27. The van der Waals surface area contributed by atoms with Crippen LogP contribution in [0.1, 0.15) is 79.6 Å². The van der Waals surface area contributed by atoms with Crippen molar-refractivity contribution >= 4 is 0 Å². The molecule has 0 saturated heterocycles. The van der Waals surface area contributed by atoms with Crippen LogP contribution in [0.5, 0.6) is 0 Å². The molecule has 0 N–H and O–H groups in total. The van der Waals surface area contributed by atoms with Crippen molar-refractivity contribution in [2.24, 2.45) is 17.3 Å². The Labute approximate surface area is 144 Å². The molecule has 2 aliphatic rings. The second kappa shape index (κ2) is 8.18. The van der Waals surface area contributed by atoms with Gasteiger partial charge in [0.1, 0.15) is 0 Å². The van der Waals surface area contributed by atoms with Crippen LogP contribution in [0.2, 0.25) is 0 Å². The van der Waals surface area contributed by atoms with Crippen molar-refractivity contribution < 1.29 is 0 Å². The summed E-state index contributed by atoms with van der Waals surface area (Å²) in [5.74, 6) is 1.45. The minimum absolute atomic E-state index is 0.361. The number of allylic oxidation sites excluding steroid dienone is 8. The van der Waals surface area contributed by atoms with Crippen LogP contribution in [0.25, 0.3) is 0 Å². The molecule has 2 aliphatic carbocycles. The molecule has 0 nitrogen and oxygen atoms in total. The molecule has 2 atom stereocenters. The Hall–Kier alpha value is -1.04. The van der Waals surface area contributed by atoms with E-state index in [4.69, 9.17) is 0 Å². The quantitative estimate of drug-likeness (QED) is 0.474. The van der Waals surface area contributed by atoms with Crippen molar-refractivity contribution in [3.63, 3.8) is 0 Å². The Balaban J connectivity index is 2.13. The minimum atomic E-state index is 0.361. The molecule has 0 radical (unpaired) electrons. The largest absolute Gasteiger partial charge is 0.0847 e. The predicted molar refractivity (Wildman–Crippen MR) is 103 cm³/mol. The van der Waals surface area contributed by atoms with Crippen molar-refractivity contribution in [3.05, 3.63) is 47.1 Å². The third-order valence-electron chi connectivity index (χ3n) is 5.99.